The standard InChI is InChI=1S/C28H39N7O4/c1-33(2)12-8-11-29-27-21-9-6-7-10-22(21)31-25(32-27)19-34-13-15-35(16-14-34)28(36)30-20-17-23(37-3)26(39-5)24(18-20)38-4/h6-7,9-10,17-18H,8,11-16,19H2,1-5H3,(H,30,36)(H,29,31,32). The predicted molar refractivity (Wildman–Crippen MR) is 153 cm³/mol. The van der Waals surface area contributed by atoms with E-state index in [0.717, 1.165) is 55.1 Å². The van der Waals surface area contributed by atoms with E-state index in [1.165, 1.54) is 0 Å². The first-order chi connectivity index (χ1) is 18.9. The summed E-state index contributed by atoms with van der Waals surface area (Å²) in [5.74, 6) is 3.10. The number of hydrogen-bond donors (Lipinski definition) is 2. The summed E-state index contributed by atoms with van der Waals surface area (Å²) < 4.78 is 16.2. The fraction of sp³-hybridized carbons (Fsp3) is 0.464. The maximum absolute atomic E-state index is 13.0. The second-order valence-corrected chi connectivity index (χ2v) is 9.70. The van der Waals surface area contributed by atoms with Crippen molar-refractivity contribution in [3.63, 3.8) is 0 Å². The summed E-state index contributed by atoms with van der Waals surface area (Å²) >= 11 is 0. The Labute approximate surface area is 230 Å². The van der Waals surface area contributed by atoms with Gasteiger partial charge >= 0.3 is 6.03 Å². The number of piperazine rings is 1. The van der Waals surface area contributed by atoms with Crippen LogP contribution in [0.25, 0.3) is 10.9 Å². The van der Waals surface area contributed by atoms with Crippen LogP contribution in [0.4, 0.5) is 16.3 Å². The highest BCUT2D eigenvalue weighted by Gasteiger charge is 2.23. The highest BCUT2D eigenvalue weighted by Crippen LogP contribution is 2.40. The highest BCUT2D eigenvalue weighted by atomic mass is 16.5. The van der Waals surface area contributed by atoms with Gasteiger partial charge < -0.3 is 34.6 Å². The molecule has 1 saturated heterocycles. The lowest BCUT2D eigenvalue weighted by Crippen LogP contribution is -2.49. The van der Waals surface area contributed by atoms with Gasteiger partial charge in [-0.15, -0.1) is 0 Å². The number of benzene rings is 2. The van der Waals surface area contributed by atoms with Crippen LogP contribution in [0.5, 0.6) is 17.2 Å². The Morgan fingerprint density at radius 2 is 1.67 bits per heavy atom. The van der Waals surface area contributed by atoms with E-state index >= 15 is 0 Å². The largest absolute Gasteiger partial charge is 0.493 e. The molecule has 0 unspecified atom stereocenters. The third kappa shape index (κ3) is 7.18. The van der Waals surface area contributed by atoms with Gasteiger partial charge in [-0.2, -0.15) is 0 Å². The number of carbonyl (C=O) groups excluding carboxylic acids is 1. The topological polar surface area (TPSA) is 104 Å². The van der Waals surface area contributed by atoms with E-state index in [4.69, 9.17) is 24.2 Å². The number of carbonyl (C=O) groups is 1. The van der Waals surface area contributed by atoms with Crippen molar-refractivity contribution >= 4 is 28.4 Å². The Kier molecular flexibility index (Phi) is 9.61. The van der Waals surface area contributed by atoms with Gasteiger partial charge in [-0.3, -0.25) is 4.90 Å². The molecular formula is C28H39N7O4. The molecule has 1 aliphatic heterocycles. The van der Waals surface area contributed by atoms with Gasteiger partial charge in [-0.25, -0.2) is 14.8 Å². The summed E-state index contributed by atoms with van der Waals surface area (Å²) in [6.07, 6.45) is 1.03. The van der Waals surface area contributed by atoms with Crippen molar-refractivity contribution in [1.29, 1.82) is 0 Å². The van der Waals surface area contributed by atoms with Crippen LogP contribution in [0.2, 0.25) is 0 Å². The molecule has 0 saturated carbocycles. The molecule has 0 aliphatic carbocycles. The maximum Gasteiger partial charge on any atom is 0.321 e. The zero-order valence-corrected chi connectivity index (χ0v) is 23.5. The molecule has 2 amide bonds. The molecule has 2 heterocycles. The number of hydrogen-bond acceptors (Lipinski definition) is 9. The molecule has 1 aliphatic rings. The van der Waals surface area contributed by atoms with E-state index in [0.29, 0.717) is 42.6 Å². The van der Waals surface area contributed by atoms with Crippen LogP contribution in [0.3, 0.4) is 0 Å². The average Bonchev–Trinajstić information content (AvgIpc) is 2.94. The maximum atomic E-state index is 13.0. The van der Waals surface area contributed by atoms with Gasteiger partial charge in [0, 0.05) is 50.2 Å². The zero-order chi connectivity index (χ0) is 27.8. The van der Waals surface area contributed by atoms with Crippen LogP contribution in [-0.4, -0.2) is 105 Å². The predicted octanol–water partition coefficient (Wildman–Crippen LogP) is 3.37. The minimum atomic E-state index is -0.171. The summed E-state index contributed by atoms with van der Waals surface area (Å²) in [6, 6.07) is 11.4. The molecular weight excluding hydrogens is 498 g/mol. The zero-order valence-electron chi connectivity index (χ0n) is 23.5. The molecule has 1 fully saturated rings. The van der Waals surface area contributed by atoms with Crippen molar-refractivity contribution in [2.45, 2.75) is 13.0 Å². The fourth-order valence-corrected chi connectivity index (χ4v) is 4.60. The Morgan fingerprint density at radius 1 is 0.974 bits per heavy atom. The molecule has 0 radical (unpaired) electrons. The van der Waals surface area contributed by atoms with E-state index in [2.05, 4.69) is 40.6 Å². The lowest BCUT2D eigenvalue weighted by atomic mass is 10.2. The lowest BCUT2D eigenvalue weighted by Gasteiger charge is -2.34. The van der Waals surface area contributed by atoms with E-state index < -0.39 is 0 Å². The molecule has 0 bridgehead atoms. The van der Waals surface area contributed by atoms with Gasteiger partial charge in [-0.1, -0.05) is 12.1 Å². The molecule has 39 heavy (non-hydrogen) atoms. The molecule has 2 N–H and O–H groups in total. The molecule has 1 aromatic heterocycles. The number of rotatable bonds is 11. The Hall–Kier alpha value is -3.83. The minimum absolute atomic E-state index is 0.171. The van der Waals surface area contributed by atoms with Gasteiger partial charge in [-0.05, 0) is 39.2 Å². The summed E-state index contributed by atoms with van der Waals surface area (Å²) in [4.78, 5) is 28.9. The molecule has 11 heteroatoms. The number of aromatic nitrogens is 2. The number of nitrogens with one attached hydrogen (secondary N) is 2. The highest BCUT2D eigenvalue weighted by molar-refractivity contribution is 5.90. The second-order valence-electron chi connectivity index (χ2n) is 9.70. The molecule has 2 aromatic carbocycles. The smallest absolute Gasteiger partial charge is 0.321 e. The molecule has 11 nitrogen and oxygen atoms in total. The fourth-order valence-electron chi connectivity index (χ4n) is 4.60. The van der Waals surface area contributed by atoms with Gasteiger partial charge in [0.15, 0.2) is 11.5 Å². The Bertz CT molecular complexity index is 1240. The summed E-state index contributed by atoms with van der Waals surface area (Å²) in [7, 11) is 8.80. The monoisotopic (exact) mass is 537 g/mol. The van der Waals surface area contributed by atoms with Crippen molar-refractivity contribution in [3.8, 4) is 17.2 Å². The first kappa shape index (κ1) is 28.2. The molecule has 4 rings (SSSR count). The van der Waals surface area contributed by atoms with Crippen molar-refractivity contribution in [2.24, 2.45) is 0 Å². The van der Waals surface area contributed by atoms with Crippen molar-refractivity contribution in [1.82, 2.24) is 24.7 Å². The van der Waals surface area contributed by atoms with E-state index in [-0.39, 0.29) is 6.03 Å². The van der Waals surface area contributed by atoms with Crippen LogP contribution in [0.15, 0.2) is 36.4 Å². The first-order valence-electron chi connectivity index (χ1n) is 13.1. The number of amides is 2. The Balaban J connectivity index is 1.36. The van der Waals surface area contributed by atoms with E-state index in [1.54, 1.807) is 38.4 Å². The van der Waals surface area contributed by atoms with Gasteiger partial charge in [0.1, 0.15) is 11.6 Å². The second kappa shape index (κ2) is 13.3. The third-order valence-electron chi connectivity index (χ3n) is 6.66. The third-order valence-corrected chi connectivity index (χ3v) is 6.66. The number of methoxy groups -OCH3 is 3. The SMILES string of the molecule is COc1cc(NC(=O)N2CCN(Cc3nc(NCCCN(C)C)c4ccccc4n3)CC2)cc(OC)c1OC. The molecule has 3 aromatic rings. The van der Waals surface area contributed by atoms with Crippen molar-refractivity contribution in [3.05, 3.63) is 42.2 Å². The normalized spacial score (nSPS) is 13.9. The molecule has 0 atom stereocenters. The summed E-state index contributed by atoms with van der Waals surface area (Å²) in [5, 5.41) is 7.49. The summed E-state index contributed by atoms with van der Waals surface area (Å²) in [5.41, 5.74) is 1.51. The number of para-hydroxylation sites is 1. The van der Waals surface area contributed by atoms with Crippen LogP contribution in [0, 0.1) is 0 Å². The van der Waals surface area contributed by atoms with E-state index in [1.807, 2.05) is 18.2 Å². The van der Waals surface area contributed by atoms with Crippen LogP contribution < -0.4 is 24.8 Å². The van der Waals surface area contributed by atoms with Crippen molar-refractivity contribution in [2.75, 3.05) is 85.3 Å². The minimum Gasteiger partial charge on any atom is -0.493 e. The first-order valence-corrected chi connectivity index (χ1v) is 13.1. The molecule has 210 valence electrons. The Morgan fingerprint density at radius 3 is 2.31 bits per heavy atom. The number of urea groups is 1. The van der Waals surface area contributed by atoms with Gasteiger partial charge in [0.05, 0.1) is 39.1 Å². The van der Waals surface area contributed by atoms with Crippen LogP contribution in [0.1, 0.15) is 12.2 Å². The lowest BCUT2D eigenvalue weighted by molar-refractivity contribution is 0.141. The quantitative estimate of drug-likeness (QED) is 0.356. The van der Waals surface area contributed by atoms with E-state index in [9.17, 15) is 4.79 Å². The number of ether oxygens (including phenoxy) is 3. The van der Waals surface area contributed by atoms with Gasteiger partial charge in [0.25, 0.3) is 0 Å². The number of nitrogens with zero attached hydrogens (tertiary/aromatic N) is 5. The van der Waals surface area contributed by atoms with Crippen LogP contribution in [-0.2, 0) is 6.54 Å². The molecule has 0 spiro atoms. The van der Waals surface area contributed by atoms with Crippen LogP contribution >= 0.6 is 0 Å². The number of fused-ring (bicyclic) bond motifs is 1. The summed E-state index contributed by atoms with van der Waals surface area (Å²) in [6.45, 7) is 5.13. The van der Waals surface area contributed by atoms with Crippen molar-refractivity contribution < 1.29 is 19.0 Å². The van der Waals surface area contributed by atoms with Gasteiger partial charge in [0.2, 0.25) is 5.75 Å². The average molecular weight is 538 g/mol. The number of anilines is 2.